The van der Waals surface area contributed by atoms with E-state index in [0.29, 0.717) is 21.6 Å². The Morgan fingerprint density at radius 3 is 2.73 bits per heavy atom. The SMILES string of the molecule is O=C(O)/C=C/c1cc2nonc2cc1Cl. The Kier molecular flexibility index (Phi) is 2.39. The minimum atomic E-state index is -1.04. The molecule has 0 spiro atoms. The Bertz CT molecular complexity index is 547. The third-order valence-electron chi connectivity index (χ3n) is 1.78. The molecule has 5 nitrogen and oxygen atoms in total. The average Bonchev–Trinajstić information content (AvgIpc) is 2.60. The first-order chi connectivity index (χ1) is 7.16. The van der Waals surface area contributed by atoms with Gasteiger partial charge in [0.15, 0.2) is 0 Å². The first kappa shape index (κ1) is 9.67. The molecule has 76 valence electrons. The Hall–Kier alpha value is -1.88. The number of hydrogen-bond donors (Lipinski definition) is 1. The summed E-state index contributed by atoms with van der Waals surface area (Å²) in [5, 5.41) is 16.1. The highest BCUT2D eigenvalue weighted by Gasteiger charge is 2.05. The van der Waals surface area contributed by atoms with Gasteiger partial charge in [0.25, 0.3) is 0 Å². The number of halogens is 1. The third-order valence-corrected chi connectivity index (χ3v) is 2.11. The molecule has 0 bridgehead atoms. The van der Waals surface area contributed by atoms with Crippen molar-refractivity contribution in [2.24, 2.45) is 0 Å². The van der Waals surface area contributed by atoms with Crippen molar-refractivity contribution >= 4 is 34.7 Å². The molecule has 0 saturated carbocycles. The molecule has 0 fully saturated rings. The van der Waals surface area contributed by atoms with E-state index in [0.717, 1.165) is 6.08 Å². The molecule has 0 aliphatic heterocycles. The number of aliphatic carboxylic acids is 1. The van der Waals surface area contributed by atoms with E-state index in [4.69, 9.17) is 16.7 Å². The average molecular weight is 225 g/mol. The van der Waals surface area contributed by atoms with Crippen LogP contribution < -0.4 is 0 Å². The summed E-state index contributed by atoms with van der Waals surface area (Å²) in [5.41, 5.74) is 1.62. The number of carboxylic acid groups (broad SMARTS) is 1. The molecule has 2 rings (SSSR count). The van der Waals surface area contributed by atoms with Gasteiger partial charge in [-0.05, 0) is 34.1 Å². The molecule has 1 aromatic carbocycles. The smallest absolute Gasteiger partial charge is 0.328 e. The van der Waals surface area contributed by atoms with E-state index >= 15 is 0 Å². The summed E-state index contributed by atoms with van der Waals surface area (Å²) in [6, 6.07) is 3.17. The number of carbonyl (C=O) groups is 1. The maximum Gasteiger partial charge on any atom is 0.328 e. The van der Waals surface area contributed by atoms with E-state index < -0.39 is 5.97 Å². The number of carboxylic acids is 1. The zero-order valence-corrected chi connectivity index (χ0v) is 8.10. The summed E-state index contributed by atoms with van der Waals surface area (Å²) in [6.07, 6.45) is 2.39. The van der Waals surface area contributed by atoms with E-state index in [1.165, 1.54) is 6.08 Å². The fraction of sp³-hybridized carbons (Fsp3) is 0. The molecule has 1 heterocycles. The van der Waals surface area contributed by atoms with Gasteiger partial charge in [-0.15, -0.1) is 0 Å². The second-order valence-corrected chi connectivity index (χ2v) is 3.21. The van der Waals surface area contributed by atoms with Crippen LogP contribution in [0.1, 0.15) is 5.56 Å². The third kappa shape index (κ3) is 1.97. The van der Waals surface area contributed by atoms with Crippen molar-refractivity contribution in [3.05, 3.63) is 28.8 Å². The van der Waals surface area contributed by atoms with Gasteiger partial charge in [0.2, 0.25) is 0 Å². The maximum atomic E-state index is 10.3. The Morgan fingerprint density at radius 2 is 2.07 bits per heavy atom. The van der Waals surface area contributed by atoms with Gasteiger partial charge in [-0.1, -0.05) is 11.6 Å². The van der Waals surface area contributed by atoms with Crippen LogP contribution in [0, 0.1) is 0 Å². The molecule has 1 N–H and O–H groups in total. The first-order valence-electron chi connectivity index (χ1n) is 3.99. The van der Waals surface area contributed by atoms with E-state index in [1.807, 2.05) is 0 Å². The van der Waals surface area contributed by atoms with Gasteiger partial charge in [0.05, 0.1) is 5.02 Å². The standard InChI is InChI=1S/C9H5ClN2O3/c10-6-4-8-7(11-15-12-8)3-5(6)1-2-9(13)14/h1-4H,(H,13,14)/b2-1+. The van der Waals surface area contributed by atoms with Crippen LogP contribution in [-0.4, -0.2) is 21.4 Å². The van der Waals surface area contributed by atoms with Gasteiger partial charge >= 0.3 is 5.97 Å². The Morgan fingerprint density at radius 1 is 1.40 bits per heavy atom. The quantitative estimate of drug-likeness (QED) is 0.790. The van der Waals surface area contributed by atoms with E-state index in [9.17, 15) is 4.79 Å². The number of nitrogens with zero attached hydrogens (tertiary/aromatic N) is 2. The van der Waals surface area contributed by atoms with Crippen molar-refractivity contribution in [1.29, 1.82) is 0 Å². The van der Waals surface area contributed by atoms with Crippen LogP contribution in [0.25, 0.3) is 17.1 Å². The van der Waals surface area contributed by atoms with Gasteiger partial charge < -0.3 is 5.11 Å². The molecule has 0 aliphatic carbocycles. The minimum Gasteiger partial charge on any atom is -0.478 e. The van der Waals surface area contributed by atoms with Gasteiger partial charge in [0.1, 0.15) is 11.0 Å². The first-order valence-corrected chi connectivity index (χ1v) is 4.37. The monoisotopic (exact) mass is 224 g/mol. The van der Waals surface area contributed by atoms with Crippen LogP contribution in [0.5, 0.6) is 0 Å². The highest BCUT2D eigenvalue weighted by molar-refractivity contribution is 6.32. The number of hydrogen-bond acceptors (Lipinski definition) is 4. The van der Waals surface area contributed by atoms with E-state index in [2.05, 4.69) is 14.9 Å². The molecule has 1 aromatic heterocycles. The van der Waals surface area contributed by atoms with Crippen LogP contribution in [0.3, 0.4) is 0 Å². The second kappa shape index (κ2) is 3.70. The lowest BCUT2D eigenvalue weighted by atomic mass is 10.2. The van der Waals surface area contributed by atoms with Gasteiger partial charge in [-0.3, -0.25) is 0 Å². The molecular weight excluding hydrogens is 220 g/mol. The molecule has 0 aliphatic rings. The lowest BCUT2D eigenvalue weighted by Crippen LogP contribution is -1.86. The van der Waals surface area contributed by atoms with Crippen LogP contribution in [0.15, 0.2) is 22.8 Å². The lowest BCUT2D eigenvalue weighted by molar-refractivity contribution is -0.131. The predicted octanol–water partition coefficient (Wildman–Crippen LogP) is 1.97. The number of benzene rings is 1. The largest absolute Gasteiger partial charge is 0.478 e. The van der Waals surface area contributed by atoms with Crippen molar-refractivity contribution in [3.8, 4) is 0 Å². The molecule has 0 unspecified atom stereocenters. The van der Waals surface area contributed by atoms with Crippen LogP contribution in [0.2, 0.25) is 5.02 Å². The Labute approximate surface area is 88.9 Å². The van der Waals surface area contributed by atoms with Gasteiger partial charge in [-0.2, -0.15) is 0 Å². The number of fused-ring (bicyclic) bond motifs is 1. The van der Waals surface area contributed by atoms with Crippen LogP contribution >= 0.6 is 11.6 Å². The predicted molar refractivity (Wildman–Crippen MR) is 53.5 cm³/mol. The maximum absolute atomic E-state index is 10.3. The summed E-state index contributed by atoms with van der Waals surface area (Å²) in [6.45, 7) is 0. The molecule has 2 aromatic rings. The second-order valence-electron chi connectivity index (χ2n) is 2.80. The molecule has 0 atom stereocenters. The minimum absolute atomic E-state index is 0.399. The fourth-order valence-corrected chi connectivity index (χ4v) is 1.33. The van der Waals surface area contributed by atoms with Crippen molar-refractivity contribution in [2.45, 2.75) is 0 Å². The summed E-state index contributed by atoms with van der Waals surface area (Å²) in [7, 11) is 0. The molecule has 0 saturated heterocycles. The Balaban J connectivity index is 2.50. The fourth-order valence-electron chi connectivity index (χ4n) is 1.11. The van der Waals surface area contributed by atoms with Gasteiger partial charge in [0, 0.05) is 6.08 Å². The zero-order chi connectivity index (χ0) is 10.8. The normalized spacial score (nSPS) is 11.3. The van der Waals surface area contributed by atoms with Crippen molar-refractivity contribution in [3.63, 3.8) is 0 Å². The molecular formula is C9H5ClN2O3. The van der Waals surface area contributed by atoms with E-state index in [1.54, 1.807) is 12.1 Å². The van der Waals surface area contributed by atoms with Crippen molar-refractivity contribution in [1.82, 2.24) is 10.3 Å². The van der Waals surface area contributed by atoms with Crippen molar-refractivity contribution in [2.75, 3.05) is 0 Å². The lowest BCUT2D eigenvalue weighted by Gasteiger charge is -1.95. The van der Waals surface area contributed by atoms with E-state index in [-0.39, 0.29) is 0 Å². The topological polar surface area (TPSA) is 76.2 Å². The summed E-state index contributed by atoms with van der Waals surface area (Å²) < 4.78 is 4.50. The molecule has 15 heavy (non-hydrogen) atoms. The summed E-state index contributed by atoms with van der Waals surface area (Å²) in [4.78, 5) is 10.3. The number of rotatable bonds is 2. The molecule has 6 heteroatoms. The summed E-state index contributed by atoms with van der Waals surface area (Å²) >= 11 is 5.89. The van der Waals surface area contributed by atoms with Gasteiger partial charge in [-0.25, -0.2) is 9.42 Å². The highest BCUT2D eigenvalue weighted by Crippen LogP contribution is 2.22. The number of aromatic nitrogens is 2. The zero-order valence-electron chi connectivity index (χ0n) is 7.35. The van der Waals surface area contributed by atoms with Crippen LogP contribution in [-0.2, 0) is 4.79 Å². The molecule has 0 amide bonds. The van der Waals surface area contributed by atoms with Crippen LogP contribution in [0.4, 0.5) is 0 Å². The molecule has 0 radical (unpaired) electrons. The summed E-state index contributed by atoms with van der Waals surface area (Å²) in [5.74, 6) is -1.04. The van der Waals surface area contributed by atoms with Crippen molar-refractivity contribution < 1.29 is 14.5 Å². The highest BCUT2D eigenvalue weighted by atomic mass is 35.5.